The Morgan fingerprint density at radius 1 is 0.647 bits per heavy atom. The maximum absolute atomic E-state index is 2.88. The van der Waals surface area contributed by atoms with Gasteiger partial charge in [0, 0.05) is 0 Å². The van der Waals surface area contributed by atoms with E-state index in [1.54, 1.807) is 12.1 Å². The first-order valence-electron chi connectivity index (χ1n) is 7.95. The normalized spacial score (nSPS) is 12.4. The molecule has 104 valence electrons. The Bertz CT molecular complexity index is 158. The largest absolute Gasteiger partial charge is 0.324 e. The average molecular weight is 258 g/mol. The van der Waals surface area contributed by atoms with Gasteiger partial charge in [0.25, 0.3) is 0 Å². The second-order valence-electron chi connectivity index (χ2n) is 5.35. The summed E-state index contributed by atoms with van der Waals surface area (Å²) >= 11 is 0. The van der Waals surface area contributed by atoms with Gasteiger partial charge in [0.05, 0.1) is 0 Å². The Morgan fingerprint density at radius 2 is 1.12 bits per heavy atom. The molecular weight excluding hydrogens is 222 g/mol. The molecule has 0 N–H and O–H groups in total. The Morgan fingerprint density at radius 3 is 1.41 bits per heavy atom. The van der Waals surface area contributed by atoms with Crippen LogP contribution in [0.5, 0.6) is 0 Å². The molecule has 1 nitrogen and oxygen atoms in total. The molecule has 0 spiro atoms. The number of hydrogen-bond acceptors (Lipinski definition) is 1. The third-order valence-electron chi connectivity index (χ3n) is 4.14. The molecule has 0 fully saturated rings. The molecule has 0 unspecified atom stereocenters. The number of hydrogen-bond donors (Lipinski definition) is 0. The molecular formula is C15H35NSi. The molecule has 0 amide bonds. The smallest absolute Gasteiger partial charge is 0.128 e. The van der Waals surface area contributed by atoms with Crippen molar-refractivity contribution in [2.75, 3.05) is 13.1 Å². The van der Waals surface area contributed by atoms with E-state index in [2.05, 4.69) is 39.2 Å². The zero-order valence-corrected chi connectivity index (χ0v) is 14.0. The van der Waals surface area contributed by atoms with Crippen LogP contribution in [-0.4, -0.2) is 25.9 Å². The summed E-state index contributed by atoms with van der Waals surface area (Å²) in [5, 5.41) is 0. The van der Waals surface area contributed by atoms with Crippen LogP contribution in [0.3, 0.4) is 0 Å². The number of rotatable bonds is 11. The first kappa shape index (κ1) is 17.2. The molecule has 0 aromatic heterocycles. The van der Waals surface area contributed by atoms with Crippen molar-refractivity contribution in [2.45, 2.75) is 84.9 Å². The molecule has 0 aromatic rings. The fraction of sp³-hybridized carbons (Fsp3) is 1.00. The van der Waals surface area contributed by atoms with Crippen LogP contribution in [0.2, 0.25) is 18.1 Å². The molecule has 0 saturated carbocycles. The summed E-state index contributed by atoms with van der Waals surface area (Å²) in [7, 11) is -1.13. The molecule has 0 atom stereocenters. The zero-order chi connectivity index (χ0) is 13.1. The van der Waals surface area contributed by atoms with Crippen molar-refractivity contribution in [1.29, 1.82) is 0 Å². The highest BCUT2D eigenvalue weighted by atomic mass is 28.3. The van der Waals surface area contributed by atoms with Crippen molar-refractivity contribution in [3.63, 3.8) is 0 Å². The number of unbranched alkanes of at least 4 members (excludes halogenated alkanes) is 2. The Kier molecular flexibility index (Phi) is 10.2. The molecule has 0 saturated heterocycles. The van der Waals surface area contributed by atoms with E-state index in [1.165, 1.54) is 51.2 Å². The van der Waals surface area contributed by atoms with Crippen molar-refractivity contribution >= 4 is 8.24 Å². The van der Waals surface area contributed by atoms with E-state index in [0.29, 0.717) is 0 Å². The second-order valence-corrected chi connectivity index (χ2v) is 9.93. The van der Waals surface area contributed by atoms with Crippen LogP contribution in [0.25, 0.3) is 0 Å². The molecule has 0 bridgehead atoms. The predicted octanol–water partition coefficient (Wildman–Crippen LogP) is 5.28. The quantitative estimate of drug-likeness (QED) is 0.455. The lowest BCUT2D eigenvalue weighted by Crippen LogP contribution is -2.53. The van der Waals surface area contributed by atoms with Crippen LogP contribution in [0.15, 0.2) is 0 Å². The van der Waals surface area contributed by atoms with Crippen molar-refractivity contribution in [3.05, 3.63) is 0 Å². The summed E-state index contributed by atoms with van der Waals surface area (Å²) in [6.45, 7) is 14.3. The van der Waals surface area contributed by atoms with E-state index < -0.39 is 8.24 Å². The van der Waals surface area contributed by atoms with Gasteiger partial charge in [-0.3, -0.25) is 0 Å². The molecule has 0 aliphatic heterocycles. The Balaban J connectivity index is 4.77. The highest BCUT2D eigenvalue weighted by molar-refractivity contribution is 6.77. The lowest BCUT2D eigenvalue weighted by atomic mass is 10.4. The van der Waals surface area contributed by atoms with E-state index in [0.717, 1.165) is 0 Å². The van der Waals surface area contributed by atoms with Gasteiger partial charge in [0.2, 0.25) is 0 Å². The highest BCUT2D eigenvalue weighted by Gasteiger charge is 2.35. The Labute approximate surface area is 111 Å². The van der Waals surface area contributed by atoms with Crippen molar-refractivity contribution < 1.29 is 0 Å². The van der Waals surface area contributed by atoms with Crippen molar-refractivity contribution in [1.82, 2.24) is 4.57 Å². The van der Waals surface area contributed by atoms with Crippen LogP contribution >= 0.6 is 0 Å². The van der Waals surface area contributed by atoms with E-state index in [4.69, 9.17) is 0 Å². The maximum atomic E-state index is 2.88. The lowest BCUT2D eigenvalue weighted by molar-refractivity contribution is 0.447. The zero-order valence-electron chi connectivity index (χ0n) is 13.0. The third-order valence-corrected chi connectivity index (χ3v) is 10.1. The monoisotopic (exact) mass is 257 g/mol. The minimum atomic E-state index is -1.13. The van der Waals surface area contributed by atoms with E-state index in [-0.39, 0.29) is 0 Å². The van der Waals surface area contributed by atoms with Gasteiger partial charge in [-0.25, -0.2) is 0 Å². The third kappa shape index (κ3) is 5.56. The number of nitrogens with zero attached hydrogens (tertiary/aromatic N) is 1. The average Bonchev–Trinajstić information content (AvgIpc) is 2.35. The van der Waals surface area contributed by atoms with Gasteiger partial charge in [-0.1, -0.05) is 66.7 Å². The molecule has 0 heterocycles. The first-order chi connectivity index (χ1) is 8.20. The highest BCUT2D eigenvalue weighted by Crippen LogP contribution is 2.30. The summed E-state index contributed by atoms with van der Waals surface area (Å²) in [6.07, 6.45) is 7.02. The molecule has 0 aliphatic rings. The topological polar surface area (TPSA) is 3.24 Å². The van der Waals surface area contributed by atoms with E-state index >= 15 is 0 Å². The summed E-state index contributed by atoms with van der Waals surface area (Å²) < 4.78 is 2.88. The van der Waals surface area contributed by atoms with Gasteiger partial charge in [0.1, 0.15) is 8.24 Å². The van der Waals surface area contributed by atoms with Crippen LogP contribution in [0.1, 0.15) is 66.7 Å². The van der Waals surface area contributed by atoms with Gasteiger partial charge in [-0.15, -0.1) is 0 Å². The minimum absolute atomic E-state index is 1.13. The minimum Gasteiger partial charge on any atom is -0.324 e. The van der Waals surface area contributed by atoms with Crippen LogP contribution < -0.4 is 0 Å². The van der Waals surface area contributed by atoms with Gasteiger partial charge in [-0.05, 0) is 31.2 Å². The molecule has 0 aromatic carbocycles. The van der Waals surface area contributed by atoms with Crippen LogP contribution in [0, 0.1) is 0 Å². The molecule has 0 aliphatic carbocycles. The van der Waals surface area contributed by atoms with E-state index in [9.17, 15) is 0 Å². The SMILES string of the molecule is CCCC[Si](CCC)(CCCC)N(CC)CC. The van der Waals surface area contributed by atoms with Crippen molar-refractivity contribution in [2.24, 2.45) is 0 Å². The predicted molar refractivity (Wildman–Crippen MR) is 83.2 cm³/mol. The van der Waals surface area contributed by atoms with Gasteiger partial charge < -0.3 is 4.57 Å². The van der Waals surface area contributed by atoms with Crippen LogP contribution in [-0.2, 0) is 0 Å². The summed E-state index contributed by atoms with van der Waals surface area (Å²) in [6, 6.07) is 4.60. The first-order valence-corrected chi connectivity index (χ1v) is 10.5. The Hall–Kier alpha value is 0.177. The van der Waals surface area contributed by atoms with Gasteiger partial charge in [0.15, 0.2) is 0 Å². The lowest BCUT2D eigenvalue weighted by Gasteiger charge is -2.42. The summed E-state index contributed by atoms with van der Waals surface area (Å²) in [4.78, 5) is 0. The van der Waals surface area contributed by atoms with E-state index in [1.807, 2.05) is 0 Å². The summed E-state index contributed by atoms with van der Waals surface area (Å²) in [5.41, 5.74) is 0. The van der Waals surface area contributed by atoms with Crippen molar-refractivity contribution in [3.8, 4) is 0 Å². The van der Waals surface area contributed by atoms with Gasteiger partial charge in [-0.2, -0.15) is 0 Å². The fourth-order valence-corrected chi connectivity index (χ4v) is 9.22. The molecule has 0 radical (unpaired) electrons. The maximum Gasteiger partial charge on any atom is 0.128 e. The fourth-order valence-electron chi connectivity index (χ4n) is 3.22. The molecule has 17 heavy (non-hydrogen) atoms. The molecule has 0 rings (SSSR count). The van der Waals surface area contributed by atoms with Crippen LogP contribution in [0.4, 0.5) is 0 Å². The molecule has 2 heteroatoms. The summed E-state index contributed by atoms with van der Waals surface area (Å²) in [5.74, 6) is 0. The second kappa shape index (κ2) is 10.1. The van der Waals surface area contributed by atoms with Gasteiger partial charge >= 0.3 is 0 Å². The standard InChI is InChI=1S/C15H35NSi/c1-6-11-14-17(13-8-3,15-12-7-2)16(9-4)10-5/h6-15H2,1-5H3.